The molecule has 16 heavy (non-hydrogen) atoms. The monoisotopic (exact) mass is 241 g/mol. The average molecular weight is 241 g/mol. The summed E-state index contributed by atoms with van der Waals surface area (Å²) in [7, 11) is 1.25. The van der Waals surface area contributed by atoms with Gasteiger partial charge in [-0.1, -0.05) is 6.07 Å². The number of carbonyl (C=O) groups excluding carboxylic acids is 1. The van der Waals surface area contributed by atoms with Crippen molar-refractivity contribution in [1.29, 1.82) is 0 Å². The van der Waals surface area contributed by atoms with E-state index in [0.717, 1.165) is 4.90 Å². The quantitative estimate of drug-likeness (QED) is 0.349. The summed E-state index contributed by atoms with van der Waals surface area (Å²) in [5.74, 6) is -0.548. The minimum Gasteiger partial charge on any atom is -0.465 e. The maximum absolute atomic E-state index is 11.4. The van der Waals surface area contributed by atoms with Gasteiger partial charge < -0.3 is 4.74 Å². The molecular weight excluding hydrogens is 230 g/mol. The van der Waals surface area contributed by atoms with E-state index in [4.69, 9.17) is 0 Å². The molecule has 0 atom stereocenters. The van der Waals surface area contributed by atoms with E-state index in [1.54, 1.807) is 18.2 Å². The minimum atomic E-state index is -0.548. The van der Waals surface area contributed by atoms with Crippen molar-refractivity contribution in [3.8, 4) is 0 Å². The van der Waals surface area contributed by atoms with Gasteiger partial charge in [0.15, 0.2) is 0 Å². The predicted molar refractivity (Wildman–Crippen MR) is 60.3 cm³/mol. The summed E-state index contributed by atoms with van der Waals surface area (Å²) in [6.45, 7) is -0.376. The van der Waals surface area contributed by atoms with Gasteiger partial charge in [0.25, 0.3) is 0 Å². The molecule has 0 unspecified atom stereocenters. The molecule has 1 aromatic carbocycles. The molecule has 0 saturated carbocycles. The van der Waals surface area contributed by atoms with Gasteiger partial charge in [-0.3, -0.25) is 10.1 Å². The van der Waals surface area contributed by atoms with Crippen LogP contribution in [-0.4, -0.2) is 24.3 Å². The highest BCUT2D eigenvalue weighted by Crippen LogP contribution is 2.20. The van der Waals surface area contributed by atoms with Gasteiger partial charge in [-0.25, -0.2) is 4.79 Å². The van der Waals surface area contributed by atoms with E-state index >= 15 is 0 Å². The maximum atomic E-state index is 11.4. The van der Waals surface area contributed by atoms with Crippen LogP contribution in [0.3, 0.4) is 0 Å². The van der Waals surface area contributed by atoms with Gasteiger partial charge in [0.1, 0.15) is 0 Å². The summed E-state index contributed by atoms with van der Waals surface area (Å²) in [5, 5.41) is 10.4. The molecule has 0 aliphatic heterocycles. The molecular formula is C10H11NO4S. The van der Waals surface area contributed by atoms with E-state index in [1.165, 1.54) is 18.9 Å². The minimum absolute atomic E-state index is 0.256. The number of methoxy groups -OCH3 is 1. The first-order valence-corrected chi connectivity index (χ1v) is 5.68. The molecule has 0 bridgehead atoms. The van der Waals surface area contributed by atoms with Crippen LogP contribution in [0.4, 0.5) is 0 Å². The van der Waals surface area contributed by atoms with Gasteiger partial charge in [0, 0.05) is 15.4 Å². The normalized spacial score (nSPS) is 9.88. The highest BCUT2D eigenvalue weighted by Gasteiger charge is 2.16. The summed E-state index contributed by atoms with van der Waals surface area (Å²) in [4.78, 5) is 22.3. The van der Waals surface area contributed by atoms with Crippen LogP contribution in [0, 0.1) is 10.1 Å². The Hall–Kier alpha value is -1.56. The summed E-state index contributed by atoms with van der Waals surface area (Å²) < 4.78 is 4.59. The SMILES string of the molecule is COC(=O)c1cc(SC)ccc1C[N+](=O)[O-]. The number of nitrogens with zero attached hydrogens (tertiary/aromatic N) is 1. The fourth-order valence-corrected chi connectivity index (χ4v) is 1.70. The molecule has 0 N–H and O–H groups in total. The van der Waals surface area contributed by atoms with Crippen LogP contribution in [0.15, 0.2) is 23.1 Å². The van der Waals surface area contributed by atoms with Crippen molar-refractivity contribution in [3.63, 3.8) is 0 Å². The van der Waals surface area contributed by atoms with Crippen molar-refractivity contribution in [2.24, 2.45) is 0 Å². The van der Waals surface area contributed by atoms with E-state index in [0.29, 0.717) is 5.56 Å². The second-order valence-corrected chi connectivity index (χ2v) is 3.89. The Bertz CT molecular complexity index is 419. The Kier molecular flexibility index (Phi) is 4.30. The Morgan fingerprint density at radius 2 is 2.25 bits per heavy atom. The van der Waals surface area contributed by atoms with Crippen LogP contribution in [0.1, 0.15) is 15.9 Å². The van der Waals surface area contributed by atoms with Crippen LogP contribution in [0.2, 0.25) is 0 Å². The van der Waals surface area contributed by atoms with Crippen LogP contribution in [-0.2, 0) is 11.3 Å². The molecule has 6 heteroatoms. The molecule has 0 radical (unpaired) electrons. The summed E-state index contributed by atoms with van der Waals surface area (Å²) >= 11 is 1.46. The van der Waals surface area contributed by atoms with Gasteiger partial charge >= 0.3 is 5.97 Å². The van der Waals surface area contributed by atoms with E-state index < -0.39 is 10.9 Å². The van der Waals surface area contributed by atoms with E-state index in [1.807, 2.05) is 6.26 Å². The highest BCUT2D eigenvalue weighted by atomic mass is 32.2. The largest absolute Gasteiger partial charge is 0.465 e. The van der Waals surface area contributed by atoms with E-state index in [2.05, 4.69) is 4.74 Å². The van der Waals surface area contributed by atoms with Crippen molar-refractivity contribution in [3.05, 3.63) is 39.4 Å². The highest BCUT2D eigenvalue weighted by molar-refractivity contribution is 7.98. The molecule has 1 rings (SSSR count). The fraction of sp³-hybridized carbons (Fsp3) is 0.300. The number of rotatable bonds is 4. The average Bonchev–Trinajstić information content (AvgIpc) is 2.28. The Balaban J connectivity index is 3.15. The zero-order valence-corrected chi connectivity index (χ0v) is 9.74. The van der Waals surface area contributed by atoms with Crippen LogP contribution in [0.5, 0.6) is 0 Å². The van der Waals surface area contributed by atoms with Crippen LogP contribution >= 0.6 is 11.8 Å². The molecule has 0 heterocycles. The molecule has 1 aromatic rings. The lowest BCUT2D eigenvalue weighted by molar-refractivity contribution is -0.496. The zero-order valence-electron chi connectivity index (χ0n) is 8.93. The summed E-state index contributed by atoms with van der Waals surface area (Å²) in [5.41, 5.74) is 0.626. The summed E-state index contributed by atoms with van der Waals surface area (Å²) in [6.07, 6.45) is 1.86. The van der Waals surface area contributed by atoms with Crippen molar-refractivity contribution >= 4 is 17.7 Å². The molecule has 86 valence electrons. The van der Waals surface area contributed by atoms with Crippen molar-refractivity contribution < 1.29 is 14.5 Å². The zero-order chi connectivity index (χ0) is 12.1. The first-order valence-electron chi connectivity index (χ1n) is 4.45. The number of benzene rings is 1. The first kappa shape index (κ1) is 12.5. The van der Waals surface area contributed by atoms with Crippen LogP contribution in [0.25, 0.3) is 0 Å². The molecule has 0 saturated heterocycles. The third-order valence-corrected chi connectivity index (χ3v) is 2.75. The van der Waals surface area contributed by atoms with Gasteiger partial charge in [-0.2, -0.15) is 0 Å². The third kappa shape index (κ3) is 2.96. The maximum Gasteiger partial charge on any atom is 0.338 e. The molecule has 0 fully saturated rings. The first-order chi connectivity index (χ1) is 7.58. The Labute approximate surface area is 96.9 Å². The molecule has 0 amide bonds. The lowest BCUT2D eigenvalue weighted by Gasteiger charge is -2.06. The number of carbonyl (C=O) groups is 1. The topological polar surface area (TPSA) is 69.4 Å². The molecule has 0 spiro atoms. The number of hydrogen-bond acceptors (Lipinski definition) is 5. The van der Waals surface area contributed by atoms with E-state index in [-0.39, 0.29) is 12.1 Å². The predicted octanol–water partition coefficient (Wildman–Crippen LogP) is 1.97. The number of esters is 1. The lowest BCUT2D eigenvalue weighted by atomic mass is 10.1. The van der Waals surface area contributed by atoms with Crippen molar-refractivity contribution in [2.45, 2.75) is 11.4 Å². The smallest absolute Gasteiger partial charge is 0.338 e. The van der Waals surface area contributed by atoms with Crippen molar-refractivity contribution in [2.75, 3.05) is 13.4 Å². The molecule has 0 aliphatic rings. The van der Waals surface area contributed by atoms with Gasteiger partial charge in [-0.15, -0.1) is 11.8 Å². The van der Waals surface area contributed by atoms with Crippen molar-refractivity contribution in [1.82, 2.24) is 0 Å². The third-order valence-electron chi connectivity index (χ3n) is 2.02. The molecule has 5 nitrogen and oxygen atoms in total. The van der Waals surface area contributed by atoms with Gasteiger partial charge in [-0.05, 0) is 18.4 Å². The van der Waals surface area contributed by atoms with Crippen LogP contribution < -0.4 is 0 Å². The lowest BCUT2D eigenvalue weighted by Crippen LogP contribution is -2.09. The number of thioether (sulfide) groups is 1. The van der Waals surface area contributed by atoms with Gasteiger partial charge in [0.05, 0.1) is 12.7 Å². The number of ether oxygens (including phenoxy) is 1. The van der Waals surface area contributed by atoms with Gasteiger partial charge in [0.2, 0.25) is 6.54 Å². The fourth-order valence-electron chi connectivity index (χ4n) is 1.26. The Morgan fingerprint density at radius 1 is 1.56 bits per heavy atom. The second-order valence-electron chi connectivity index (χ2n) is 3.01. The molecule has 0 aromatic heterocycles. The number of nitro groups is 1. The second kappa shape index (κ2) is 5.50. The summed E-state index contributed by atoms with van der Waals surface area (Å²) in [6, 6.07) is 4.94. The number of hydrogen-bond donors (Lipinski definition) is 0. The standard InChI is InChI=1S/C10H11NO4S/c1-15-10(12)9-5-8(16-2)4-3-7(9)6-11(13)14/h3-5H,6H2,1-2H3. The Morgan fingerprint density at radius 3 is 2.75 bits per heavy atom. The van der Waals surface area contributed by atoms with E-state index in [9.17, 15) is 14.9 Å². The molecule has 0 aliphatic carbocycles.